The van der Waals surface area contributed by atoms with E-state index in [4.69, 9.17) is 9.47 Å². The van der Waals surface area contributed by atoms with E-state index in [9.17, 15) is 14.4 Å². The van der Waals surface area contributed by atoms with Gasteiger partial charge in [0.2, 0.25) is 17.7 Å². The smallest absolute Gasteiger partial charge is 0.248 e. The highest BCUT2D eigenvalue weighted by Crippen LogP contribution is 2.32. The molecule has 0 saturated carbocycles. The van der Waals surface area contributed by atoms with Crippen molar-refractivity contribution in [1.82, 2.24) is 14.7 Å². The summed E-state index contributed by atoms with van der Waals surface area (Å²) >= 11 is 0. The van der Waals surface area contributed by atoms with Crippen LogP contribution in [0.4, 0.5) is 0 Å². The van der Waals surface area contributed by atoms with Crippen LogP contribution in [0.15, 0.2) is 24.3 Å². The van der Waals surface area contributed by atoms with E-state index in [2.05, 4.69) is 0 Å². The molecule has 3 heterocycles. The molecule has 162 valence electrons. The van der Waals surface area contributed by atoms with Crippen molar-refractivity contribution in [2.75, 3.05) is 46.9 Å². The minimum atomic E-state index is -0.346. The number of para-hydroxylation sites is 1. The minimum absolute atomic E-state index is 0.00117. The number of likely N-dealkylation sites (N-methyl/N-ethyl adjacent to an activating group) is 1. The molecule has 1 unspecified atom stereocenters. The fourth-order valence-corrected chi connectivity index (χ4v) is 4.72. The summed E-state index contributed by atoms with van der Waals surface area (Å²) in [5.41, 5.74) is 0.593. The van der Waals surface area contributed by atoms with Crippen molar-refractivity contribution < 1.29 is 23.9 Å². The Morgan fingerprint density at radius 2 is 1.93 bits per heavy atom. The van der Waals surface area contributed by atoms with E-state index in [0.29, 0.717) is 45.6 Å². The van der Waals surface area contributed by atoms with Crippen molar-refractivity contribution >= 4 is 17.7 Å². The number of amides is 3. The van der Waals surface area contributed by atoms with Crippen molar-refractivity contribution in [3.8, 4) is 5.75 Å². The van der Waals surface area contributed by atoms with Crippen molar-refractivity contribution in [1.29, 1.82) is 0 Å². The van der Waals surface area contributed by atoms with Crippen LogP contribution in [-0.4, -0.2) is 85.0 Å². The number of benzene rings is 1. The second kappa shape index (κ2) is 8.26. The summed E-state index contributed by atoms with van der Waals surface area (Å²) in [4.78, 5) is 42.6. The van der Waals surface area contributed by atoms with E-state index in [1.54, 1.807) is 24.0 Å². The number of carbonyl (C=O) groups excluding carboxylic acids is 3. The number of hydrogen-bond donors (Lipinski definition) is 0. The zero-order valence-corrected chi connectivity index (χ0v) is 17.6. The first kappa shape index (κ1) is 20.7. The van der Waals surface area contributed by atoms with Crippen molar-refractivity contribution in [2.45, 2.75) is 31.4 Å². The molecule has 0 N–H and O–H groups in total. The molecular formula is C22H29N3O5. The van der Waals surface area contributed by atoms with Crippen LogP contribution in [0.3, 0.4) is 0 Å². The second-order valence-corrected chi connectivity index (χ2v) is 8.53. The molecule has 3 amide bonds. The lowest BCUT2D eigenvalue weighted by Gasteiger charge is -2.46. The standard InChI is InChI=1S/C22H29N3O5/c1-23-15-22(30-14-20(23)27)7-9-24(10-8-22)21(28)17-11-19(26)25(13-17)12-16-5-3-4-6-18(16)29-2/h3-6,17H,7-15H2,1-2H3. The summed E-state index contributed by atoms with van der Waals surface area (Å²) in [5, 5.41) is 0. The Labute approximate surface area is 176 Å². The first-order valence-corrected chi connectivity index (χ1v) is 10.5. The molecule has 4 rings (SSSR count). The summed E-state index contributed by atoms with van der Waals surface area (Å²) in [6.07, 6.45) is 1.67. The molecule has 3 saturated heterocycles. The van der Waals surface area contributed by atoms with Gasteiger partial charge in [0.15, 0.2) is 0 Å². The SMILES string of the molecule is COc1ccccc1CN1CC(C(=O)N2CCC3(CC2)CN(C)C(=O)CO3)CC1=O. The molecule has 3 aliphatic heterocycles. The lowest BCUT2D eigenvalue weighted by atomic mass is 9.88. The van der Waals surface area contributed by atoms with Gasteiger partial charge in [-0.1, -0.05) is 18.2 Å². The molecule has 3 aliphatic rings. The summed E-state index contributed by atoms with van der Waals surface area (Å²) in [6, 6.07) is 7.63. The number of likely N-dealkylation sites (tertiary alicyclic amines) is 2. The molecule has 0 bridgehead atoms. The Morgan fingerprint density at radius 3 is 2.63 bits per heavy atom. The van der Waals surface area contributed by atoms with Crippen LogP contribution in [0.25, 0.3) is 0 Å². The van der Waals surface area contributed by atoms with E-state index in [1.807, 2.05) is 29.2 Å². The fourth-order valence-electron chi connectivity index (χ4n) is 4.72. The number of carbonyl (C=O) groups is 3. The van der Waals surface area contributed by atoms with Gasteiger partial charge in [0.25, 0.3) is 0 Å². The van der Waals surface area contributed by atoms with Gasteiger partial charge in [-0.2, -0.15) is 0 Å². The molecule has 30 heavy (non-hydrogen) atoms. The summed E-state index contributed by atoms with van der Waals surface area (Å²) < 4.78 is 11.2. The molecule has 8 nitrogen and oxygen atoms in total. The maximum atomic E-state index is 13.1. The van der Waals surface area contributed by atoms with Crippen LogP contribution in [0.1, 0.15) is 24.8 Å². The number of piperidine rings is 1. The fraction of sp³-hybridized carbons (Fsp3) is 0.591. The van der Waals surface area contributed by atoms with Gasteiger partial charge in [0.1, 0.15) is 12.4 Å². The monoisotopic (exact) mass is 415 g/mol. The Bertz CT molecular complexity index is 834. The average Bonchev–Trinajstić information content (AvgIpc) is 3.12. The highest BCUT2D eigenvalue weighted by atomic mass is 16.5. The number of morpholine rings is 1. The molecule has 1 aromatic rings. The Kier molecular flexibility index (Phi) is 5.69. The minimum Gasteiger partial charge on any atom is -0.496 e. The number of ether oxygens (including phenoxy) is 2. The van der Waals surface area contributed by atoms with Gasteiger partial charge in [0.05, 0.1) is 18.6 Å². The van der Waals surface area contributed by atoms with Gasteiger partial charge in [-0.3, -0.25) is 14.4 Å². The second-order valence-electron chi connectivity index (χ2n) is 8.53. The molecule has 1 spiro atoms. The summed E-state index contributed by atoms with van der Waals surface area (Å²) in [7, 11) is 3.41. The van der Waals surface area contributed by atoms with E-state index in [1.165, 1.54) is 0 Å². The quantitative estimate of drug-likeness (QED) is 0.730. The van der Waals surface area contributed by atoms with E-state index in [0.717, 1.165) is 11.3 Å². The lowest BCUT2D eigenvalue weighted by Crippen LogP contribution is -2.58. The maximum Gasteiger partial charge on any atom is 0.248 e. The van der Waals surface area contributed by atoms with Crippen LogP contribution < -0.4 is 4.74 Å². The number of rotatable bonds is 4. The van der Waals surface area contributed by atoms with Crippen LogP contribution >= 0.6 is 0 Å². The maximum absolute atomic E-state index is 13.1. The number of methoxy groups -OCH3 is 1. The molecular weight excluding hydrogens is 386 g/mol. The molecule has 0 aromatic heterocycles. The van der Waals surface area contributed by atoms with Gasteiger partial charge in [-0.15, -0.1) is 0 Å². The van der Waals surface area contributed by atoms with Gasteiger partial charge in [-0.05, 0) is 18.9 Å². The van der Waals surface area contributed by atoms with Gasteiger partial charge >= 0.3 is 0 Å². The highest BCUT2D eigenvalue weighted by Gasteiger charge is 2.44. The first-order valence-electron chi connectivity index (χ1n) is 10.5. The molecule has 8 heteroatoms. The number of hydrogen-bond acceptors (Lipinski definition) is 5. The largest absolute Gasteiger partial charge is 0.496 e. The molecule has 3 fully saturated rings. The molecule has 0 radical (unpaired) electrons. The van der Waals surface area contributed by atoms with Crippen molar-refractivity contribution in [3.63, 3.8) is 0 Å². The Hall–Kier alpha value is -2.61. The normalized spacial score (nSPS) is 23.9. The van der Waals surface area contributed by atoms with Crippen LogP contribution in [0.5, 0.6) is 5.75 Å². The van der Waals surface area contributed by atoms with E-state index in [-0.39, 0.29) is 42.3 Å². The predicted molar refractivity (Wildman–Crippen MR) is 109 cm³/mol. The Morgan fingerprint density at radius 1 is 1.20 bits per heavy atom. The number of nitrogens with zero attached hydrogens (tertiary/aromatic N) is 3. The molecule has 0 aliphatic carbocycles. The van der Waals surface area contributed by atoms with Gasteiger partial charge in [-0.25, -0.2) is 0 Å². The molecule has 1 aromatic carbocycles. The lowest BCUT2D eigenvalue weighted by molar-refractivity contribution is -0.171. The van der Waals surface area contributed by atoms with E-state index < -0.39 is 0 Å². The summed E-state index contributed by atoms with van der Waals surface area (Å²) in [6.45, 7) is 2.76. The first-order chi connectivity index (χ1) is 14.4. The van der Waals surface area contributed by atoms with E-state index >= 15 is 0 Å². The zero-order valence-electron chi connectivity index (χ0n) is 17.6. The predicted octanol–water partition coefficient (Wildman–Crippen LogP) is 0.894. The topological polar surface area (TPSA) is 79.4 Å². The molecule has 1 atom stereocenters. The Balaban J connectivity index is 1.34. The van der Waals surface area contributed by atoms with Crippen molar-refractivity contribution in [2.24, 2.45) is 5.92 Å². The highest BCUT2D eigenvalue weighted by molar-refractivity contribution is 5.89. The van der Waals surface area contributed by atoms with Crippen LogP contribution in [0, 0.1) is 5.92 Å². The van der Waals surface area contributed by atoms with Gasteiger partial charge in [0, 0.05) is 51.8 Å². The average molecular weight is 415 g/mol. The van der Waals surface area contributed by atoms with Crippen LogP contribution in [-0.2, 0) is 25.7 Å². The third-order valence-electron chi connectivity index (χ3n) is 6.56. The summed E-state index contributed by atoms with van der Waals surface area (Å²) in [5.74, 6) is 0.485. The third kappa shape index (κ3) is 4.01. The van der Waals surface area contributed by atoms with Crippen molar-refractivity contribution in [3.05, 3.63) is 29.8 Å². The zero-order chi connectivity index (χ0) is 21.3. The third-order valence-corrected chi connectivity index (χ3v) is 6.56. The van der Waals surface area contributed by atoms with Gasteiger partial charge < -0.3 is 24.2 Å². The van der Waals surface area contributed by atoms with Crippen LogP contribution in [0.2, 0.25) is 0 Å².